The first-order valence-electron chi connectivity index (χ1n) is 6.47. The molecule has 1 aliphatic heterocycles. The first kappa shape index (κ1) is 13.8. The lowest BCUT2D eigenvalue weighted by Gasteiger charge is -2.18. The minimum Gasteiger partial charge on any atom is -0.495 e. The number of rotatable bonds is 3. The molecule has 0 aromatic heterocycles. The van der Waals surface area contributed by atoms with Gasteiger partial charge in [0.15, 0.2) is 17.3 Å². The van der Waals surface area contributed by atoms with Crippen molar-refractivity contribution in [2.75, 3.05) is 20.3 Å². The fourth-order valence-corrected chi connectivity index (χ4v) is 2.35. The van der Waals surface area contributed by atoms with Crippen LogP contribution in [-0.4, -0.2) is 26.1 Å². The van der Waals surface area contributed by atoms with Gasteiger partial charge in [0.2, 0.25) is 0 Å². The summed E-state index contributed by atoms with van der Waals surface area (Å²) in [4.78, 5) is 12.5. The Labute approximate surface area is 127 Å². The summed E-state index contributed by atoms with van der Waals surface area (Å²) in [5.74, 6) is 1.60. The lowest BCUT2D eigenvalue weighted by molar-refractivity contribution is 0.103. The van der Waals surface area contributed by atoms with Gasteiger partial charge in [-0.25, -0.2) is 0 Å². The van der Waals surface area contributed by atoms with Gasteiger partial charge >= 0.3 is 0 Å². The van der Waals surface area contributed by atoms with Gasteiger partial charge in [-0.3, -0.25) is 4.79 Å². The summed E-state index contributed by atoms with van der Waals surface area (Å²) in [5, 5.41) is 0.469. The van der Waals surface area contributed by atoms with E-state index in [1.807, 2.05) is 0 Å². The zero-order chi connectivity index (χ0) is 14.8. The van der Waals surface area contributed by atoms with Crippen molar-refractivity contribution < 1.29 is 19.0 Å². The van der Waals surface area contributed by atoms with Crippen molar-refractivity contribution >= 4 is 17.4 Å². The Morgan fingerprint density at radius 2 is 1.71 bits per heavy atom. The number of ketones is 1. The Morgan fingerprint density at radius 3 is 2.48 bits per heavy atom. The fourth-order valence-electron chi connectivity index (χ4n) is 2.15. The maximum Gasteiger partial charge on any atom is 0.193 e. The first-order valence-corrected chi connectivity index (χ1v) is 6.85. The number of benzene rings is 2. The van der Waals surface area contributed by atoms with Crippen LogP contribution in [-0.2, 0) is 0 Å². The lowest BCUT2D eigenvalue weighted by atomic mass is 10.0. The largest absolute Gasteiger partial charge is 0.495 e. The minimum absolute atomic E-state index is 0.123. The molecule has 2 aromatic carbocycles. The molecule has 108 valence electrons. The number of hydrogen-bond acceptors (Lipinski definition) is 4. The highest BCUT2D eigenvalue weighted by atomic mass is 35.5. The number of ether oxygens (including phenoxy) is 3. The van der Waals surface area contributed by atoms with Gasteiger partial charge in [0, 0.05) is 11.1 Å². The van der Waals surface area contributed by atoms with Crippen LogP contribution in [0.15, 0.2) is 36.4 Å². The quantitative estimate of drug-likeness (QED) is 0.816. The predicted molar refractivity (Wildman–Crippen MR) is 78.9 cm³/mol. The molecule has 0 unspecified atom stereocenters. The maximum absolute atomic E-state index is 12.5. The molecule has 0 radical (unpaired) electrons. The zero-order valence-electron chi connectivity index (χ0n) is 11.4. The molecule has 0 saturated carbocycles. The molecule has 0 fully saturated rings. The SMILES string of the molecule is COc1cc(C(=O)c2ccc3c(c2)OCCO3)ccc1Cl. The molecule has 4 nitrogen and oxygen atoms in total. The van der Waals surface area contributed by atoms with Crippen molar-refractivity contribution in [3.05, 3.63) is 52.5 Å². The number of carbonyl (C=O) groups is 1. The molecule has 2 aromatic rings. The van der Waals surface area contributed by atoms with Gasteiger partial charge < -0.3 is 14.2 Å². The summed E-state index contributed by atoms with van der Waals surface area (Å²) in [6.07, 6.45) is 0. The maximum atomic E-state index is 12.5. The van der Waals surface area contributed by atoms with E-state index in [2.05, 4.69) is 0 Å². The summed E-state index contributed by atoms with van der Waals surface area (Å²) in [7, 11) is 1.51. The Balaban J connectivity index is 1.95. The van der Waals surface area contributed by atoms with Crippen molar-refractivity contribution in [2.24, 2.45) is 0 Å². The van der Waals surface area contributed by atoms with Gasteiger partial charge in [0.1, 0.15) is 19.0 Å². The number of methoxy groups -OCH3 is 1. The van der Waals surface area contributed by atoms with Crippen LogP contribution in [0.3, 0.4) is 0 Å². The Kier molecular flexibility index (Phi) is 3.71. The second kappa shape index (κ2) is 5.66. The third kappa shape index (κ3) is 2.67. The molecule has 3 rings (SSSR count). The molecule has 1 heterocycles. The van der Waals surface area contributed by atoms with Crippen LogP contribution in [0.4, 0.5) is 0 Å². The molecular weight excluding hydrogens is 292 g/mol. The number of halogens is 1. The highest BCUT2D eigenvalue weighted by Gasteiger charge is 2.17. The predicted octanol–water partition coefficient (Wildman–Crippen LogP) is 3.35. The van der Waals surface area contributed by atoms with Crippen molar-refractivity contribution in [3.63, 3.8) is 0 Å². The van der Waals surface area contributed by atoms with E-state index in [1.54, 1.807) is 36.4 Å². The number of carbonyl (C=O) groups excluding carboxylic acids is 1. The molecule has 21 heavy (non-hydrogen) atoms. The molecule has 0 spiro atoms. The topological polar surface area (TPSA) is 44.8 Å². The molecule has 1 aliphatic rings. The van der Waals surface area contributed by atoms with E-state index < -0.39 is 0 Å². The van der Waals surface area contributed by atoms with E-state index in [0.717, 1.165) is 0 Å². The smallest absolute Gasteiger partial charge is 0.193 e. The molecule has 0 aliphatic carbocycles. The average Bonchev–Trinajstić information content (AvgIpc) is 2.54. The van der Waals surface area contributed by atoms with Crippen LogP contribution < -0.4 is 14.2 Å². The van der Waals surface area contributed by atoms with E-state index in [0.29, 0.717) is 46.6 Å². The van der Waals surface area contributed by atoms with Gasteiger partial charge in [-0.1, -0.05) is 11.6 Å². The lowest BCUT2D eigenvalue weighted by Crippen LogP contribution is -2.15. The second-order valence-corrected chi connectivity index (χ2v) is 4.94. The van der Waals surface area contributed by atoms with E-state index in [1.165, 1.54) is 7.11 Å². The molecule has 0 N–H and O–H groups in total. The van der Waals surface area contributed by atoms with Crippen molar-refractivity contribution in [2.45, 2.75) is 0 Å². The van der Waals surface area contributed by atoms with Crippen molar-refractivity contribution in [3.8, 4) is 17.2 Å². The molecular formula is C16H13ClO4. The molecule has 0 amide bonds. The number of hydrogen-bond donors (Lipinski definition) is 0. The van der Waals surface area contributed by atoms with Gasteiger partial charge in [-0.2, -0.15) is 0 Å². The van der Waals surface area contributed by atoms with E-state index in [4.69, 9.17) is 25.8 Å². The standard InChI is InChI=1S/C16H13ClO4/c1-19-14-8-10(2-4-12(14)17)16(18)11-3-5-13-15(9-11)21-7-6-20-13/h2-5,8-9H,6-7H2,1H3. The summed E-state index contributed by atoms with van der Waals surface area (Å²) < 4.78 is 16.1. The molecule has 0 saturated heterocycles. The first-order chi connectivity index (χ1) is 10.2. The Bertz CT molecular complexity index is 697. The van der Waals surface area contributed by atoms with Crippen LogP contribution in [0.5, 0.6) is 17.2 Å². The van der Waals surface area contributed by atoms with Gasteiger partial charge in [0.25, 0.3) is 0 Å². The van der Waals surface area contributed by atoms with Gasteiger partial charge in [0.05, 0.1) is 12.1 Å². The third-order valence-electron chi connectivity index (χ3n) is 3.22. The molecule has 0 bridgehead atoms. The molecule has 0 atom stereocenters. The van der Waals surface area contributed by atoms with Crippen molar-refractivity contribution in [1.29, 1.82) is 0 Å². The van der Waals surface area contributed by atoms with Crippen LogP contribution in [0.1, 0.15) is 15.9 Å². The van der Waals surface area contributed by atoms with Crippen LogP contribution in [0, 0.1) is 0 Å². The summed E-state index contributed by atoms with van der Waals surface area (Å²) in [5.41, 5.74) is 1.04. The molecule has 5 heteroatoms. The normalized spacial score (nSPS) is 12.9. The van der Waals surface area contributed by atoms with Gasteiger partial charge in [-0.15, -0.1) is 0 Å². The summed E-state index contributed by atoms with van der Waals surface area (Å²) >= 11 is 5.97. The van der Waals surface area contributed by atoms with Crippen molar-refractivity contribution in [1.82, 2.24) is 0 Å². The summed E-state index contributed by atoms with van der Waals surface area (Å²) in [6.45, 7) is 1.01. The highest BCUT2D eigenvalue weighted by molar-refractivity contribution is 6.32. The van der Waals surface area contributed by atoms with Gasteiger partial charge in [-0.05, 0) is 36.4 Å². The number of fused-ring (bicyclic) bond motifs is 1. The fraction of sp³-hybridized carbons (Fsp3) is 0.188. The second-order valence-electron chi connectivity index (χ2n) is 4.54. The zero-order valence-corrected chi connectivity index (χ0v) is 12.1. The Morgan fingerprint density at radius 1 is 1.05 bits per heavy atom. The van der Waals surface area contributed by atoms with Crippen LogP contribution >= 0.6 is 11.6 Å². The van der Waals surface area contributed by atoms with E-state index in [-0.39, 0.29) is 5.78 Å². The minimum atomic E-state index is -0.123. The highest BCUT2D eigenvalue weighted by Crippen LogP contribution is 2.32. The van der Waals surface area contributed by atoms with E-state index in [9.17, 15) is 4.79 Å². The monoisotopic (exact) mass is 304 g/mol. The Hall–Kier alpha value is -2.20. The summed E-state index contributed by atoms with van der Waals surface area (Å²) in [6, 6.07) is 10.1. The van der Waals surface area contributed by atoms with E-state index >= 15 is 0 Å². The van der Waals surface area contributed by atoms with Crippen LogP contribution in [0.2, 0.25) is 5.02 Å². The van der Waals surface area contributed by atoms with Crippen LogP contribution in [0.25, 0.3) is 0 Å². The average molecular weight is 305 g/mol. The third-order valence-corrected chi connectivity index (χ3v) is 3.53.